The summed E-state index contributed by atoms with van der Waals surface area (Å²) in [5.41, 5.74) is 3.39. The third-order valence-corrected chi connectivity index (χ3v) is 2.71. The first-order valence-electron chi connectivity index (χ1n) is 5.19. The number of halogens is 1. The number of rotatable bonds is 3. The van der Waals surface area contributed by atoms with Crippen LogP contribution in [-0.2, 0) is 0 Å². The van der Waals surface area contributed by atoms with Gasteiger partial charge in [-0.2, -0.15) is 0 Å². The molecule has 0 atom stereocenters. The second-order valence-electron chi connectivity index (χ2n) is 3.52. The average molecular weight is 307 g/mol. The Kier molecular flexibility index (Phi) is 3.91. The van der Waals surface area contributed by atoms with Crippen LogP contribution in [0.5, 0.6) is 0 Å². The first-order valence-corrected chi connectivity index (χ1v) is 5.99. The molecule has 0 aliphatic heterocycles. The summed E-state index contributed by atoms with van der Waals surface area (Å²) in [7, 11) is 0. The Morgan fingerprint density at radius 2 is 2.00 bits per heavy atom. The number of benzene rings is 1. The quantitative estimate of drug-likeness (QED) is 0.601. The van der Waals surface area contributed by atoms with Crippen LogP contribution in [0.25, 0.3) is 0 Å². The third kappa shape index (κ3) is 3.06. The number of hydrogen-bond acceptors (Lipinski definition) is 4. The minimum Gasteiger partial charge on any atom is -0.321 e. The van der Waals surface area contributed by atoms with E-state index in [1.165, 1.54) is 0 Å². The van der Waals surface area contributed by atoms with Gasteiger partial charge in [-0.15, -0.1) is 0 Å². The monoisotopic (exact) mass is 306 g/mol. The standard InChI is InChI=1S/C12H11BrN4O/c13-8-3-1-4-9(7-8)15-12(18)10-5-2-6-11(16-10)17-14/h1-7H,14H2,(H,15,18)(H,16,17). The van der Waals surface area contributed by atoms with E-state index in [2.05, 4.69) is 31.7 Å². The summed E-state index contributed by atoms with van der Waals surface area (Å²) in [5, 5.41) is 2.75. The van der Waals surface area contributed by atoms with E-state index in [1.807, 2.05) is 18.2 Å². The van der Waals surface area contributed by atoms with Crippen LogP contribution in [0.3, 0.4) is 0 Å². The predicted molar refractivity (Wildman–Crippen MR) is 74.1 cm³/mol. The molecular weight excluding hydrogens is 296 g/mol. The Balaban J connectivity index is 2.16. The molecule has 4 N–H and O–H groups in total. The van der Waals surface area contributed by atoms with Gasteiger partial charge in [0.05, 0.1) is 0 Å². The number of pyridine rings is 1. The second kappa shape index (κ2) is 5.61. The third-order valence-electron chi connectivity index (χ3n) is 2.21. The van der Waals surface area contributed by atoms with E-state index in [0.29, 0.717) is 17.2 Å². The van der Waals surface area contributed by atoms with Gasteiger partial charge in [0.2, 0.25) is 0 Å². The van der Waals surface area contributed by atoms with Gasteiger partial charge in [-0.05, 0) is 30.3 Å². The molecule has 0 aliphatic rings. The lowest BCUT2D eigenvalue weighted by atomic mass is 10.3. The van der Waals surface area contributed by atoms with Crippen molar-refractivity contribution in [3.05, 3.63) is 52.6 Å². The summed E-state index contributed by atoms with van der Waals surface area (Å²) >= 11 is 3.34. The topological polar surface area (TPSA) is 80.0 Å². The van der Waals surface area contributed by atoms with Crippen LogP contribution in [0.4, 0.5) is 11.5 Å². The first kappa shape index (κ1) is 12.5. The number of hydrazine groups is 1. The van der Waals surface area contributed by atoms with Crippen LogP contribution in [-0.4, -0.2) is 10.9 Å². The van der Waals surface area contributed by atoms with Gasteiger partial charge in [-0.1, -0.05) is 28.1 Å². The van der Waals surface area contributed by atoms with Gasteiger partial charge in [0.1, 0.15) is 11.5 Å². The Morgan fingerprint density at radius 1 is 1.22 bits per heavy atom. The van der Waals surface area contributed by atoms with Gasteiger partial charge in [0, 0.05) is 10.2 Å². The zero-order valence-electron chi connectivity index (χ0n) is 9.35. The number of anilines is 2. The predicted octanol–water partition coefficient (Wildman–Crippen LogP) is 2.38. The highest BCUT2D eigenvalue weighted by molar-refractivity contribution is 9.10. The Morgan fingerprint density at radius 3 is 2.72 bits per heavy atom. The maximum absolute atomic E-state index is 11.9. The molecular formula is C12H11BrN4O. The number of hydrogen-bond donors (Lipinski definition) is 3. The molecule has 18 heavy (non-hydrogen) atoms. The smallest absolute Gasteiger partial charge is 0.274 e. The molecule has 5 nitrogen and oxygen atoms in total. The van der Waals surface area contributed by atoms with Gasteiger partial charge < -0.3 is 10.7 Å². The maximum Gasteiger partial charge on any atom is 0.274 e. The van der Waals surface area contributed by atoms with Crippen molar-refractivity contribution in [1.29, 1.82) is 0 Å². The fraction of sp³-hybridized carbons (Fsp3) is 0. The number of carbonyl (C=O) groups is 1. The summed E-state index contributed by atoms with van der Waals surface area (Å²) < 4.78 is 0.894. The van der Waals surface area contributed by atoms with E-state index in [1.54, 1.807) is 24.3 Å². The molecule has 2 rings (SSSR count). The number of nitrogens with two attached hydrogens (primary N) is 1. The zero-order valence-corrected chi connectivity index (χ0v) is 10.9. The fourth-order valence-corrected chi connectivity index (χ4v) is 1.80. The van der Waals surface area contributed by atoms with E-state index in [9.17, 15) is 4.79 Å². The molecule has 1 amide bonds. The van der Waals surface area contributed by atoms with Crippen molar-refractivity contribution < 1.29 is 4.79 Å². The highest BCUT2D eigenvalue weighted by Gasteiger charge is 2.08. The molecule has 0 aliphatic carbocycles. The van der Waals surface area contributed by atoms with Crippen LogP contribution in [0.2, 0.25) is 0 Å². The van der Waals surface area contributed by atoms with Crippen molar-refractivity contribution in [1.82, 2.24) is 4.98 Å². The lowest BCUT2D eigenvalue weighted by Crippen LogP contribution is -2.16. The van der Waals surface area contributed by atoms with E-state index in [-0.39, 0.29) is 5.91 Å². The minimum absolute atomic E-state index is 0.287. The number of aromatic nitrogens is 1. The SMILES string of the molecule is NNc1cccc(C(=O)Nc2cccc(Br)c2)n1. The number of amides is 1. The van der Waals surface area contributed by atoms with Gasteiger partial charge in [-0.25, -0.2) is 10.8 Å². The van der Waals surface area contributed by atoms with Gasteiger partial charge >= 0.3 is 0 Å². The van der Waals surface area contributed by atoms with Crippen LogP contribution in [0.15, 0.2) is 46.9 Å². The number of nitrogen functional groups attached to an aromatic ring is 1. The molecule has 0 unspecified atom stereocenters. The maximum atomic E-state index is 11.9. The van der Waals surface area contributed by atoms with Crippen molar-refractivity contribution in [2.75, 3.05) is 10.7 Å². The van der Waals surface area contributed by atoms with Crippen molar-refractivity contribution >= 4 is 33.3 Å². The highest BCUT2D eigenvalue weighted by atomic mass is 79.9. The van der Waals surface area contributed by atoms with E-state index < -0.39 is 0 Å². The lowest BCUT2D eigenvalue weighted by molar-refractivity contribution is 0.102. The molecule has 0 bridgehead atoms. The van der Waals surface area contributed by atoms with E-state index >= 15 is 0 Å². The molecule has 0 saturated heterocycles. The molecule has 1 aromatic heterocycles. The normalized spacial score (nSPS) is 9.89. The van der Waals surface area contributed by atoms with Crippen molar-refractivity contribution in [3.8, 4) is 0 Å². The van der Waals surface area contributed by atoms with Crippen molar-refractivity contribution in [2.24, 2.45) is 5.84 Å². The molecule has 2 aromatic rings. The molecule has 0 radical (unpaired) electrons. The van der Waals surface area contributed by atoms with Gasteiger partial charge in [0.25, 0.3) is 5.91 Å². The number of nitrogens with one attached hydrogen (secondary N) is 2. The minimum atomic E-state index is -0.287. The van der Waals surface area contributed by atoms with Crippen LogP contribution in [0.1, 0.15) is 10.5 Å². The summed E-state index contributed by atoms with van der Waals surface area (Å²) in [4.78, 5) is 16.0. The first-order chi connectivity index (χ1) is 8.69. The molecule has 0 spiro atoms. The molecule has 1 heterocycles. The molecule has 0 saturated carbocycles. The molecule has 92 valence electrons. The highest BCUT2D eigenvalue weighted by Crippen LogP contribution is 2.16. The lowest BCUT2D eigenvalue weighted by Gasteiger charge is -2.06. The number of carbonyl (C=O) groups excluding carboxylic acids is 1. The summed E-state index contributed by atoms with van der Waals surface area (Å²) in [6, 6.07) is 12.3. The largest absolute Gasteiger partial charge is 0.321 e. The fourth-order valence-electron chi connectivity index (χ4n) is 1.40. The number of nitrogens with zero attached hydrogens (tertiary/aromatic N) is 1. The van der Waals surface area contributed by atoms with Crippen molar-refractivity contribution in [2.45, 2.75) is 0 Å². The van der Waals surface area contributed by atoms with Gasteiger partial charge in [0.15, 0.2) is 0 Å². The zero-order chi connectivity index (χ0) is 13.0. The van der Waals surface area contributed by atoms with Gasteiger partial charge in [-0.3, -0.25) is 4.79 Å². The van der Waals surface area contributed by atoms with E-state index in [0.717, 1.165) is 4.47 Å². The van der Waals surface area contributed by atoms with Crippen LogP contribution < -0.4 is 16.6 Å². The molecule has 0 fully saturated rings. The van der Waals surface area contributed by atoms with E-state index in [4.69, 9.17) is 5.84 Å². The van der Waals surface area contributed by atoms with Crippen molar-refractivity contribution in [3.63, 3.8) is 0 Å². The average Bonchev–Trinajstić information content (AvgIpc) is 2.39. The summed E-state index contributed by atoms with van der Waals surface area (Å²) in [5.74, 6) is 5.40. The summed E-state index contributed by atoms with van der Waals surface area (Å²) in [6.07, 6.45) is 0. The Bertz CT molecular complexity index is 574. The second-order valence-corrected chi connectivity index (χ2v) is 4.43. The molecule has 6 heteroatoms. The molecule has 1 aromatic carbocycles. The van der Waals surface area contributed by atoms with Crippen LogP contribution >= 0.6 is 15.9 Å². The Labute approximate surface area is 113 Å². The Hall–Kier alpha value is -1.92. The summed E-state index contributed by atoms with van der Waals surface area (Å²) in [6.45, 7) is 0. The van der Waals surface area contributed by atoms with Crippen LogP contribution in [0, 0.1) is 0 Å².